The van der Waals surface area contributed by atoms with Crippen molar-refractivity contribution >= 4 is 10.9 Å². The van der Waals surface area contributed by atoms with E-state index in [9.17, 15) is 5.11 Å². The van der Waals surface area contributed by atoms with Crippen LogP contribution in [-0.2, 0) is 6.61 Å². The largest absolute Gasteiger partial charge is 0.507 e. The van der Waals surface area contributed by atoms with Crippen LogP contribution in [0.15, 0.2) is 48.5 Å². The van der Waals surface area contributed by atoms with Crippen LogP contribution in [0.4, 0.5) is 0 Å². The van der Waals surface area contributed by atoms with Crippen molar-refractivity contribution in [1.82, 2.24) is 4.98 Å². The maximum absolute atomic E-state index is 9.75. The number of para-hydroxylation sites is 1. The number of aromatic nitrogens is 1. The summed E-state index contributed by atoms with van der Waals surface area (Å²) in [5.41, 5.74) is 2.98. The molecule has 0 amide bonds. The summed E-state index contributed by atoms with van der Waals surface area (Å²) in [5.74, 6) is 1.17. The minimum atomic E-state index is 0.288. The van der Waals surface area contributed by atoms with Gasteiger partial charge in [-0.1, -0.05) is 24.3 Å². The molecule has 2 N–H and O–H groups in total. The Bertz CT molecular complexity index is 716. The number of rotatable bonds is 3. The fourth-order valence-electron chi connectivity index (χ4n) is 2.15. The predicted octanol–water partition coefficient (Wildman–Crippen LogP) is 3.76. The molecule has 0 saturated carbocycles. The number of phenolic OH excluding ortho intramolecular Hbond substituents is 1. The standard InChI is InChI=1S/C16H15NO2/c1-11-5-2-3-8-16(11)19-10-12-9-13-14(17-12)6-4-7-15(13)18/h2-9,17-18H,10H2,1H3. The van der Waals surface area contributed by atoms with E-state index in [4.69, 9.17) is 4.74 Å². The number of hydrogen-bond donors (Lipinski definition) is 2. The lowest BCUT2D eigenvalue weighted by molar-refractivity contribution is 0.300. The van der Waals surface area contributed by atoms with Crippen LogP contribution in [0, 0.1) is 6.92 Å². The normalized spacial score (nSPS) is 10.8. The van der Waals surface area contributed by atoms with Crippen molar-refractivity contribution in [2.75, 3.05) is 0 Å². The quantitative estimate of drug-likeness (QED) is 0.746. The van der Waals surface area contributed by atoms with E-state index < -0.39 is 0 Å². The topological polar surface area (TPSA) is 45.2 Å². The van der Waals surface area contributed by atoms with Crippen LogP contribution in [0.25, 0.3) is 10.9 Å². The Morgan fingerprint density at radius 2 is 1.95 bits per heavy atom. The number of aromatic hydroxyl groups is 1. The molecule has 96 valence electrons. The average molecular weight is 253 g/mol. The van der Waals surface area contributed by atoms with Crippen molar-refractivity contribution in [3.63, 3.8) is 0 Å². The number of benzene rings is 2. The first-order valence-electron chi connectivity index (χ1n) is 6.22. The number of ether oxygens (including phenoxy) is 1. The van der Waals surface area contributed by atoms with Crippen molar-refractivity contribution < 1.29 is 9.84 Å². The Hall–Kier alpha value is -2.42. The van der Waals surface area contributed by atoms with Gasteiger partial charge in [-0.2, -0.15) is 0 Å². The Balaban J connectivity index is 1.83. The summed E-state index contributed by atoms with van der Waals surface area (Å²) >= 11 is 0. The summed E-state index contributed by atoms with van der Waals surface area (Å²) in [7, 11) is 0. The molecule has 3 nitrogen and oxygen atoms in total. The molecule has 0 saturated heterocycles. The molecule has 1 heterocycles. The van der Waals surface area contributed by atoms with E-state index in [1.165, 1.54) is 0 Å². The van der Waals surface area contributed by atoms with Crippen molar-refractivity contribution in [1.29, 1.82) is 0 Å². The molecule has 3 aromatic rings. The Labute approximate surface area is 111 Å². The number of fused-ring (bicyclic) bond motifs is 1. The number of aromatic amines is 1. The molecule has 0 atom stereocenters. The highest BCUT2D eigenvalue weighted by atomic mass is 16.5. The number of phenols is 1. The molecule has 0 aliphatic heterocycles. The van der Waals surface area contributed by atoms with Crippen molar-refractivity contribution in [3.8, 4) is 11.5 Å². The van der Waals surface area contributed by atoms with Gasteiger partial charge in [0.25, 0.3) is 0 Å². The summed E-state index contributed by atoms with van der Waals surface area (Å²) in [6.07, 6.45) is 0. The minimum Gasteiger partial charge on any atom is -0.507 e. The second-order valence-corrected chi connectivity index (χ2v) is 4.59. The van der Waals surface area contributed by atoms with Crippen molar-refractivity contribution in [2.24, 2.45) is 0 Å². The van der Waals surface area contributed by atoms with Gasteiger partial charge in [-0.25, -0.2) is 0 Å². The van der Waals surface area contributed by atoms with Gasteiger partial charge < -0.3 is 14.8 Å². The lowest BCUT2D eigenvalue weighted by Gasteiger charge is -2.07. The molecule has 3 heteroatoms. The monoisotopic (exact) mass is 253 g/mol. The maximum Gasteiger partial charge on any atom is 0.128 e. The highest BCUT2D eigenvalue weighted by Gasteiger charge is 2.05. The van der Waals surface area contributed by atoms with Gasteiger partial charge in [0.15, 0.2) is 0 Å². The van der Waals surface area contributed by atoms with E-state index >= 15 is 0 Å². The van der Waals surface area contributed by atoms with Gasteiger partial charge in [-0.05, 0) is 36.8 Å². The van der Waals surface area contributed by atoms with E-state index in [1.807, 2.05) is 49.4 Å². The van der Waals surface area contributed by atoms with Crippen LogP contribution < -0.4 is 4.74 Å². The molecule has 0 bridgehead atoms. The fourth-order valence-corrected chi connectivity index (χ4v) is 2.15. The van der Waals surface area contributed by atoms with E-state index in [2.05, 4.69) is 4.98 Å². The third-order valence-electron chi connectivity index (χ3n) is 3.17. The molecule has 19 heavy (non-hydrogen) atoms. The lowest BCUT2D eigenvalue weighted by atomic mass is 10.2. The second kappa shape index (κ2) is 4.69. The number of hydrogen-bond acceptors (Lipinski definition) is 2. The summed E-state index contributed by atoms with van der Waals surface area (Å²) in [6.45, 7) is 2.48. The third-order valence-corrected chi connectivity index (χ3v) is 3.17. The fraction of sp³-hybridized carbons (Fsp3) is 0.125. The van der Waals surface area contributed by atoms with E-state index in [0.717, 1.165) is 27.9 Å². The molecule has 2 aromatic carbocycles. The van der Waals surface area contributed by atoms with Gasteiger partial charge in [-0.3, -0.25) is 0 Å². The Morgan fingerprint density at radius 3 is 2.74 bits per heavy atom. The number of aryl methyl sites for hydroxylation is 1. The van der Waals surface area contributed by atoms with Crippen LogP contribution in [-0.4, -0.2) is 10.1 Å². The van der Waals surface area contributed by atoms with Crippen LogP contribution >= 0.6 is 0 Å². The summed E-state index contributed by atoms with van der Waals surface area (Å²) < 4.78 is 5.78. The van der Waals surface area contributed by atoms with Crippen molar-refractivity contribution in [3.05, 3.63) is 59.8 Å². The highest BCUT2D eigenvalue weighted by molar-refractivity contribution is 5.86. The van der Waals surface area contributed by atoms with E-state index in [-0.39, 0.29) is 5.75 Å². The minimum absolute atomic E-state index is 0.288. The average Bonchev–Trinajstić information content (AvgIpc) is 2.82. The molecule has 0 aliphatic rings. The molecule has 0 unspecified atom stereocenters. The smallest absolute Gasteiger partial charge is 0.128 e. The van der Waals surface area contributed by atoms with Crippen LogP contribution in [0.5, 0.6) is 11.5 Å². The first kappa shape index (κ1) is 11.7. The molecular formula is C16H15NO2. The van der Waals surface area contributed by atoms with E-state index in [1.54, 1.807) is 6.07 Å². The van der Waals surface area contributed by atoms with Gasteiger partial charge in [0.05, 0.1) is 5.69 Å². The van der Waals surface area contributed by atoms with Crippen LogP contribution in [0.2, 0.25) is 0 Å². The number of H-pyrrole nitrogens is 1. The zero-order valence-electron chi connectivity index (χ0n) is 10.7. The predicted molar refractivity (Wildman–Crippen MR) is 75.5 cm³/mol. The second-order valence-electron chi connectivity index (χ2n) is 4.59. The highest BCUT2D eigenvalue weighted by Crippen LogP contribution is 2.25. The van der Waals surface area contributed by atoms with Gasteiger partial charge in [-0.15, -0.1) is 0 Å². The lowest BCUT2D eigenvalue weighted by Crippen LogP contribution is -1.96. The zero-order valence-corrected chi connectivity index (χ0v) is 10.7. The summed E-state index contributed by atoms with van der Waals surface area (Å²) in [5, 5.41) is 10.6. The first-order chi connectivity index (χ1) is 9.24. The van der Waals surface area contributed by atoms with Gasteiger partial charge in [0, 0.05) is 10.9 Å². The van der Waals surface area contributed by atoms with Gasteiger partial charge >= 0.3 is 0 Å². The number of nitrogens with one attached hydrogen (secondary N) is 1. The first-order valence-corrected chi connectivity index (χ1v) is 6.22. The Morgan fingerprint density at radius 1 is 1.11 bits per heavy atom. The van der Waals surface area contributed by atoms with Gasteiger partial charge in [0.2, 0.25) is 0 Å². The molecule has 0 spiro atoms. The molecule has 3 rings (SSSR count). The van der Waals surface area contributed by atoms with E-state index in [0.29, 0.717) is 6.61 Å². The summed E-state index contributed by atoms with van der Waals surface area (Å²) in [6, 6.07) is 15.3. The molecule has 1 aromatic heterocycles. The maximum atomic E-state index is 9.75. The van der Waals surface area contributed by atoms with Crippen LogP contribution in [0.1, 0.15) is 11.3 Å². The summed E-state index contributed by atoms with van der Waals surface area (Å²) in [4.78, 5) is 3.24. The third kappa shape index (κ3) is 2.27. The SMILES string of the molecule is Cc1ccccc1OCc1cc2c(O)cccc2[nH]1. The van der Waals surface area contributed by atoms with Gasteiger partial charge in [0.1, 0.15) is 18.1 Å². The molecule has 0 radical (unpaired) electrons. The van der Waals surface area contributed by atoms with Crippen molar-refractivity contribution in [2.45, 2.75) is 13.5 Å². The molecular weight excluding hydrogens is 238 g/mol. The molecule has 0 aliphatic carbocycles. The van der Waals surface area contributed by atoms with Crippen LogP contribution in [0.3, 0.4) is 0 Å². The Kier molecular flexibility index (Phi) is 2.88. The molecule has 0 fully saturated rings. The zero-order chi connectivity index (χ0) is 13.2.